The normalized spacial score (nSPS) is 11.1. The molecule has 102 valence electrons. The van der Waals surface area contributed by atoms with Crippen molar-refractivity contribution in [1.29, 1.82) is 0 Å². The van der Waals surface area contributed by atoms with Crippen LogP contribution < -0.4 is 0 Å². The molecule has 0 radical (unpaired) electrons. The lowest BCUT2D eigenvalue weighted by Crippen LogP contribution is -2.01. The van der Waals surface area contributed by atoms with Crippen LogP contribution >= 0.6 is 35.4 Å². The van der Waals surface area contributed by atoms with Crippen LogP contribution in [0.1, 0.15) is 5.56 Å². The van der Waals surface area contributed by atoms with Gasteiger partial charge in [-0.15, -0.1) is 0 Å². The van der Waals surface area contributed by atoms with Gasteiger partial charge in [0, 0.05) is 11.6 Å². The molecule has 0 unspecified atom stereocenters. The van der Waals surface area contributed by atoms with Crippen molar-refractivity contribution in [3.05, 3.63) is 62.8 Å². The molecule has 0 amide bonds. The highest BCUT2D eigenvalue weighted by molar-refractivity contribution is 7.71. The molecule has 5 heteroatoms. The van der Waals surface area contributed by atoms with Crippen molar-refractivity contribution in [2.45, 2.75) is 13.0 Å². The van der Waals surface area contributed by atoms with Gasteiger partial charge in [0.15, 0.2) is 4.77 Å². The Morgan fingerprint density at radius 3 is 2.55 bits per heavy atom. The lowest BCUT2D eigenvalue weighted by atomic mass is 10.1. The summed E-state index contributed by atoms with van der Waals surface area (Å²) in [5.41, 5.74) is 3.16. The van der Waals surface area contributed by atoms with E-state index in [-0.39, 0.29) is 0 Å². The van der Waals surface area contributed by atoms with E-state index in [1.165, 1.54) is 5.56 Å². The van der Waals surface area contributed by atoms with Crippen molar-refractivity contribution >= 4 is 46.5 Å². The van der Waals surface area contributed by atoms with E-state index < -0.39 is 0 Å². The van der Waals surface area contributed by atoms with Gasteiger partial charge in [-0.3, -0.25) is 0 Å². The Morgan fingerprint density at radius 2 is 1.80 bits per heavy atom. The topological polar surface area (TPSA) is 20.7 Å². The maximum absolute atomic E-state index is 6.27. The van der Waals surface area contributed by atoms with E-state index in [1.54, 1.807) is 0 Å². The first kappa shape index (κ1) is 13.7. The van der Waals surface area contributed by atoms with Crippen LogP contribution in [0.25, 0.3) is 11.0 Å². The number of rotatable bonds is 3. The van der Waals surface area contributed by atoms with Crippen molar-refractivity contribution < 1.29 is 0 Å². The van der Waals surface area contributed by atoms with Crippen LogP contribution in [-0.2, 0) is 13.0 Å². The van der Waals surface area contributed by atoms with Crippen molar-refractivity contribution in [3.8, 4) is 0 Å². The molecule has 0 saturated heterocycles. The van der Waals surface area contributed by atoms with E-state index in [0.29, 0.717) is 9.79 Å². The number of para-hydroxylation sites is 1. The molecule has 3 aromatic rings. The summed E-state index contributed by atoms with van der Waals surface area (Å²) in [5.74, 6) is 0. The molecule has 0 saturated carbocycles. The van der Waals surface area contributed by atoms with Crippen LogP contribution in [0.3, 0.4) is 0 Å². The number of halogens is 2. The van der Waals surface area contributed by atoms with Gasteiger partial charge >= 0.3 is 0 Å². The van der Waals surface area contributed by atoms with E-state index in [2.05, 4.69) is 4.98 Å². The van der Waals surface area contributed by atoms with Gasteiger partial charge in [-0.2, -0.15) is 0 Å². The summed E-state index contributed by atoms with van der Waals surface area (Å²) in [6, 6.07) is 13.6. The Labute approximate surface area is 132 Å². The Bertz CT molecular complexity index is 803. The van der Waals surface area contributed by atoms with Gasteiger partial charge in [-0.1, -0.05) is 41.4 Å². The summed E-state index contributed by atoms with van der Waals surface area (Å²) in [4.78, 5) is 3.19. The molecule has 20 heavy (non-hydrogen) atoms. The van der Waals surface area contributed by atoms with Crippen molar-refractivity contribution in [2.75, 3.05) is 0 Å². The highest BCUT2D eigenvalue weighted by Crippen LogP contribution is 2.23. The van der Waals surface area contributed by atoms with Crippen LogP contribution in [0, 0.1) is 4.77 Å². The molecular weight excluding hydrogens is 311 g/mol. The predicted molar refractivity (Wildman–Crippen MR) is 87.3 cm³/mol. The second-order valence-corrected chi connectivity index (χ2v) is 5.82. The zero-order valence-electron chi connectivity index (χ0n) is 10.6. The number of nitrogens with one attached hydrogen (secondary N) is 1. The zero-order valence-corrected chi connectivity index (χ0v) is 12.9. The number of aromatic amines is 1. The third-order valence-corrected chi connectivity index (χ3v) is 4.16. The average molecular weight is 323 g/mol. The largest absolute Gasteiger partial charge is 0.331 e. The van der Waals surface area contributed by atoms with Gasteiger partial charge in [0.2, 0.25) is 0 Å². The first-order valence-electron chi connectivity index (χ1n) is 6.26. The number of benzene rings is 2. The molecule has 1 aromatic heterocycles. The van der Waals surface area contributed by atoms with Gasteiger partial charge in [-0.25, -0.2) is 0 Å². The summed E-state index contributed by atoms with van der Waals surface area (Å²) in [6.07, 6.45) is 0.879. The number of hydrogen-bond donors (Lipinski definition) is 1. The molecule has 0 aliphatic rings. The lowest BCUT2D eigenvalue weighted by molar-refractivity contribution is 0.706. The van der Waals surface area contributed by atoms with Crippen molar-refractivity contribution in [1.82, 2.24) is 9.55 Å². The monoisotopic (exact) mass is 322 g/mol. The number of fused-ring (bicyclic) bond motifs is 1. The first-order valence-corrected chi connectivity index (χ1v) is 7.43. The maximum Gasteiger partial charge on any atom is 0.178 e. The summed E-state index contributed by atoms with van der Waals surface area (Å²) in [5, 5.41) is 1.46. The van der Waals surface area contributed by atoms with Gasteiger partial charge in [0.05, 0.1) is 16.1 Å². The number of H-pyrrole nitrogens is 1. The van der Waals surface area contributed by atoms with Crippen molar-refractivity contribution in [2.24, 2.45) is 0 Å². The third-order valence-electron chi connectivity index (χ3n) is 3.28. The molecule has 1 heterocycles. The molecule has 1 N–H and O–H groups in total. The molecule has 0 bridgehead atoms. The SMILES string of the molecule is S=c1[nH]c2cccc(Cl)c2n1CCc1ccc(Cl)cc1. The van der Waals surface area contributed by atoms with Crippen LogP contribution in [-0.4, -0.2) is 9.55 Å². The number of hydrogen-bond acceptors (Lipinski definition) is 1. The minimum Gasteiger partial charge on any atom is -0.331 e. The Morgan fingerprint density at radius 1 is 1.05 bits per heavy atom. The molecule has 0 fully saturated rings. The second kappa shape index (κ2) is 5.60. The van der Waals surface area contributed by atoms with Crippen LogP contribution in [0.15, 0.2) is 42.5 Å². The molecule has 0 atom stereocenters. The Balaban J connectivity index is 1.93. The lowest BCUT2D eigenvalue weighted by Gasteiger charge is -2.06. The minimum absolute atomic E-state index is 0.696. The Kier molecular flexibility index (Phi) is 3.83. The summed E-state index contributed by atoms with van der Waals surface area (Å²) >= 11 is 17.5. The molecule has 2 nitrogen and oxygen atoms in total. The molecule has 2 aromatic carbocycles. The number of aromatic nitrogens is 2. The van der Waals surface area contributed by atoms with E-state index >= 15 is 0 Å². The van der Waals surface area contributed by atoms with Crippen LogP contribution in [0.4, 0.5) is 0 Å². The van der Waals surface area contributed by atoms with E-state index in [9.17, 15) is 0 Å². The maximum atomic E-state index is 6.27. The minimum atomic E-state index is 0.696. The molecule has 0 spiro atoms. The first-order chi connectivity index (χ1) is 9.65. The third kappa shape index (κ3) is 2.62. The second-order valence-electron chi connectivity index (χ2n) is 4.59. The van der Waals surface area contributed by atoms with Crippen LogP contribution in [0.2, 0.25) is 10.0 Å². The molecular formula is C15H12Cl2N2S. The number of nitrogens with zero attached hydrogens (tertiary/aromatic N) is 1. The van der Waals surface area contributed by atoms with Gasteiger partial charge < -0.3 is 9.55 Å². The van der Waals surface area contributed by atoms with Gasteiger partial charge in [-0.05, 0) is 48.5 Å². The predicted octanol–water partition coefficient (Wildman–Crippen LogP) is 5.25. The summed E-state index contributed by atoms with van der Waals surface area (Å²) < 4.78 is 2.74. The van der Waals surface area contributed by atoms with Crippen molar-refractivity contribution in [3.63, 3.8) is 0 Å². The molecule has 0 aliphatic heterocycles. The fourth-order valence-corrected chi connectivity index (χ4v) is 2.98. The fraction of sp³-hybridized carbons (Fsp3) is 0.133. The van der Waals surface area contributed by atoms with Gasteiger partial charge in [0.1, 0.15) is 0 Å². The standard InChI is InChI=1S/C15H12Cl2N2S/c16-11-6-4-10(5-7-11)8-9-19-14-12(17)2-1-3-13(14)18-15(19)20/h1-7H,8-9H2,(H,18,20). The smallest absolute Gasteiger partial charge is 0.178 e. The highest BCUT2D eigenvalue weighted by atomic mass is 35.5. The van der Waals surface area contributed by atoms with Crippen LogP contribution in [0.5, 0.6) is 0 Å². The summed E-state index contributed by atoms with van der Waals surface area (Å²) in [6.45, 7) is 0.782. The average Bonchev–Trinajstić information content (AvgIpc) is 2.75. The summed E-state index contributed by atoms with van der Waals surface area (Å²) in [7, 11) is 0. The van der Waals surface area contributed by atoms with E-state index in [0.717, 1.165) is 29.0 Å². The quantitative estimate of drug-likeness (QED) is 0.653. The van der Waals surface area contributed by atoms with Gasteiger partial charge in [0.25, 0.3) is 0 Å². The zero-order chi connectivity index (χ0) is 14.1. The number of aryl methyl sites for hydroxylation is 2. The fourth-order valence-electron chi connectivity index (χ4n) is 2.28. The highest BCUT2D eigenvalue weighted by Gasteiger charge is 2.07. The molecule has 0 aliphatic carbocycles. The molecule has 3 rings (SSSR count). The Hall–Kier alpha value is -1.29. The number of imidazole rings is 1. The van der Waals surface area contributed by atoms with E-state index in [1.807, 2.05) is 47.0 Å². The van der Waals surface area contributed by atoms with E-state index in [4.69, 9.17) is 35.4 Å².